The molecule has 4 aromatic rings. The number of anilines is 2. The third-order valence-electron chi connectivity index (χ3n) is 4.02. The first-order valence-electron chi connectivity index (χ1n) is 7.50. The Morgan fingerprint density at radius 2 is 1.73 bits per heavy atom. The maximum atomic E-state index is 15.0. The van der Waals surface area contributed by atoms with E-state index in [4.69, 9.17) is 27.5 Å². The van der Waals surface area contributed by atoms with Gasteiger partial charge in [-0.05, 0) is 29.8 Å². The zero-order valence-electron chi connectivity index (χ0n) is 13.1. The van der Waals surface area contributed by atoms with Crippen molar-refractivity contribution >= 4 is 34.1 Å². The first kappa shape index (κ1) is 16.3. The van der Waals surface area contributed by atoms with Crippen LogP contribution in [-0.4, -0.2) is 9.97 Å². The van der Waals surface area contributed by atoms with Crippen molar-refractivity contribution in [2.75, 3.05) is 11.5 Å². The Morgan fingerprint density at radius 3 is 2.42 bits per heavy atom. The van der Waals surface area contributed by atoms with Gasteiger partial charge in [0.1, 0.15) is 17.2 Å². The number of hydrogen-bond donors (Lipinski definition) is 2. The Balaban J connectivity index is 2.10. The van der Waals surface area contributed by atoms with E-state index in [0.29, 0.717) is 11.1 Å². The third kappa shape index (κ3) is 2.44. The molecule has 0 atom stereocenters. The van der Waals surface area contributed by atoms with Crippen LogP contribution in [0.4, 0.5) is 20.4 Å². The third-order valence-corrected chi connectivity index (χ3v) is 4.31. The number of furan rings is 1. The van der Waals surface area contributed by atoms with Gasteiger partial charge in [-0.25, -0.2) is 9.37 Å². The largest absolute Gasteiger partial charge is 0.436 e. The summed E-state index contributed by atoms with van der Waals surface area (Å²) in [5.74, 6) is -1.48. The highest BCUT2D eigenvalue weighted by atomic mass is 35.5. The molecule has 0 radical (unpaired) electrons. The van der Waals surface area contributed by atoms with Crippen LogP contribution in [-0.2, 0) is 0 Å². The van der Waals surface area contributed by atoms with E-state index < -0.39 is 11.8 Å². The standard InChI is InChI=1S/C18H11ClF2N4O/c19-10-7-9(1-2-11(10)20)12-13-14(22)18(23)26-16(13)15(25-17(12)21)8-3-5-24-6-4-8/h1-7H,22-23H2. The fraction of sp³-hybridized carbons (Fsp3) is 0. The van der Waals surface area contributed by atoms with Gasteiger partial charge in [-0.15, -0.1) is 0 Å². The molecule has 0 aliphatic rings. The number of rotatable bonds is 2. The van der Waals surface area contributed by atoms with Gasteiger partial charge in [0.05, 0.1) is 16.0 Å². The lowest BCUT2D eigenvalue weighted by molar-refractivity contribution is 0.586. The van der Waals surface area contributed by atoms with Crippen molar-refractivity contribution in [1.82, 2.24) is 9.97 Å². The number of fused-ring (bicyclic) bond motifs is 1. The minimum atomic E-state index is -0.806. The van der Waals surface area contributed by atoms with E-state index in [-0.39, 0.29) is 38.8 Å². The summed E-state index contributed by atoms with van der Waals surface area (Å²) >= 11 is 5.84. The zero-order valence-corrected chi connectivity index (χ0v) is 13.9. The molecule has 0 saturated carbocycles. The van der Waals surface area contributed by atoms with Crippen LogP contribution in [0.25, 0.3) is 33.4 Å². The van der Waals surface area contributed by atoms with Crippen molar-refractivity contribution < 1.29 is 13.2 Å². The van der Waals surface area contributed by atoms with E-state index >= 15 is 0 Å². The normalized spacial score (nSPS) is 11.2. The predicted octanol–water partition coefficient (Wildman–Crippen LogP) is 4.65. The Kier molecular flexibility index (Phi) is 3.73. The van der Waals surface area contributed by atoms with Crippen LogP contribution in [0.3, 0.4) is 0 Å². The zero-order chi connectivity index (χ0) is 18.4. The molecule has 0 unspecified atom stereocenters. The number of nitrogens with two attached hydrogens (primary N) is 2. The number of benzene rings is 1. The summed E-state index contributed by atoms with van der Waals surface area (Å²) in [6.45, 7) is 0. The Hall–Kier alpha value is -3.19. The highest BCUT2D eigenvalue weighted by molar-refractivity contribution is 6.31. The highest BCUT2D eigenvalue weighted by Crippen LogP contribution is 2.43. The molecule has 1 aromatic carbocycles. The molecule has 0 amide bonds. The molecule has 5 nitrogen and oxygen atoms in total. The summed E-state index contributed by atoms with van der Waals surface area (Å²) in [7, 11) is 0. The SMILES string of the molecule is Nc1oc2c(-c3ccncc3)nc(F)c(-c3ccc(F)c(Cl)c3)c2c1N. The first-order valence-corrected chi connectivity index (χ1v) is 7.88. The number of aromatic nitrogens is 2. The van der Waals surface area contributed by atoms with Crippen LogP contribution in [0.5, 0.6) is 0 Å². The van der Waals surface area contributed by atoms with Crippen LogP contribution in [0.1, 0.15) is 0 Å². The van der Waals surface area contributed by atoms with Crippen molar-refractivity contribution in [1.29, 1.82) is 0 Å². The van der Waals surface area contributed by atoms with Gasteiger partial charge in [0.25, 0.3) is 0 Å². The molecule has 0 bridgehead atoms. The van der Waals surface area contributed by atoms with E-state index in [1.54, 1.807) is 24.5 Å². The Bertz CT molecular complexity index is 1150. The molecule has 3 heterocycles. The molecule has 0 fully saturated rings. The van der Waals surface area contributed by atoms with Crippen molar-refractivity contribution in [3.05, 3.63) is 59.5 Å². The minimum Gasteiger partial charge on any atom is -0.436 e. The summed E-state index contributed by atoms with van der Waals surface area (Å²) in [6.07, 6.45) is 3.09. The van der Waals surface area contributed by atoms with Gasteiger partial charge in [0.2, 0.25) is 11.8 Å². The summed E-state index contributed by atoms with van der Waals surface area (Å²) in [4.78, 5) is 7.95. The molecule has 0 spiro atoms. The molecular formula is C18H11ClF2N4O. The summed E-state index contributed by atoms with van der Waals surface area (Å²) in [5, 5.41) is 0.104. The van der Waals surface area contributed by atoms with E-state index in [9.17, 15) is 8.78 Å². The van der Waals surface area contributed by atoms with Crippen LogP contribution in [0.15, 0.2) is 47.1 Å². The monoisotopic (exact) mass is 372 g/mol. The van der Waals surface area contributed by atoms with Gasteiger partial charge in [-0.1, -0.05) is 17.7 Å². The van der Waals surface area contributed by atoms with E-state index in [0.717, 1.165) is 6.07 Å². The van der Waals surface area contributed by atoms with Gasteiger partial charge in [0.15, 0.2) is 5.58 Å². The maximum Gasteiger partial charge on any atom is 0.222 e. The average Bonchev–Trinajstić information content (AvgIpc) is 2.93. The topological polar surface area (TPSA) is 91.0 Å². The van der Waals surface area contributed by atoms with Crippen molar-refractivity contribution in [2.45, 2.75) is 0 Å². The quantitative estimate of drug-likeness (QED) is 0.500. The molecule has 0 aliphatic heterocycles. The van der Waals surface area contributed by atoms with E-state index in [1.165, 1.54) is 12.1 Å². The van der Waals surface area contributed by atoms with Gasteiger partial charge in [-0.3, -0.25) is 4.98 Å². The highest BCUT2D eigenvalue weighted by Gasteiger charge is 2.24. The molecule has 0 saturated heterocycles. The summed E-state index contributed by atoms with van der Waals surface area (Å²) < 4.78 is 34.0. The lowest BCUT2D eigenvalue weighted by atomic mass is 10.0. The second-order valence-corrected chi connectivity index (χ2v) is 5.98. The summed E-state index contributed by atoms with van der Waals surface area (Å²) in [5.41, 5.74) is 13.3. The molecule has 8 heteroatoms. The van der Waals surface area contributed by atoms with Crippen LogP contribution >= 0.6 is 11.6 Å². The maximum absolute atomic E-state index is 15.0. The smallest absolute Gasteiger partial charge is 0.222 e. The second-order valence-electron chi connectivity index (χ2n) is 5.58. The number of nitrogens with zero attached hydrogens (tertiary/aromatic N) is 2. The molecule has 130 valence electrons. The van der Waals surface area contributed by atoms with Crippen molar-refractivity contribution in [3.8, 4) is 22.4 Å². The van der Waals surface area contributed by atoms with Gasteiger partial charge in [0, 0.05) is 18.0 Å². The molecule has 26 heavy (non-hydrogen) atoms. The fourth-order valence-corrected chi connectivity index (χ4v) is 2.99. The van der Waals surface area contributed by atoms with Crippen LogP contribution in [0.2, 0.25) is 5.02 Å². The summed E-state index contributed by atoms with van der Waals surface area (Å²) in [6, 6.07) is 7.13. The predicted molar refractivity (Wildman–Crippen MR) is 96.4 cm³/mol. The number of pyridine rings is 2. The lowest BCUT2D eigenvalue weighted by Gasteiger charge is -2.09. The molecular weight excluding hydrogens is 362 g/mol. The Labute approximate surface area is 151 Å². The molecule has 0 aliphatic carbocycles. The van der Waals surface area contributed by atoms with Gasteiger partial charge < -0.3 is 15.9 Å². The van der Waals surface area contributed by atoms with Gasteiger partial charge in [-0.2, -0.15) is 4.39 Å². The fourth-order valence-electron chi connectivity index (χ4n) is 2.80. The number of hydrogen-bond acceptors (Lipinski definition) is 5. The Morgan fingerprint density at radius 1 is 1.00 bits per heavy atom. The van der Waals surface area contributed by atoms with E-state index in [1.807, 2.05) is 0 Å². The van der Waals surface area contributed by atoms with Gasteiger partial charge >= 0.3 is 0 Å². The molecule has 4 rings (SSSR count). The molecule has 3 aromatic heterocycles. The minimum absolute atomic E-state index is 0.0395. The van der Waals surface area contributed by atoms with Crippen LogP contribution in [0, 0.1) is 11.8 Å². The molecule has 4 N–H and O–H groups in total. The van der Waals surface area contributed by atoms with E-state index in [2.05, 4.69) is 9.97 Å². The number of nitrogen functional groups attached to an aromatic ring is 2. The average molecular weight is 373 g/mol. The lowest BCUT2D eigenvalue weighted by Crippen LogP contribution is -1.97. The number of halogens is 3. The van der Waals surface area contributed by atoms with Crippen LogP contribution < -0.4 is 11.5 Å². The van der Waals surface area contributed by atoms with Crippen molar-refractivity contribution in [2.24, 2.45) is 0 Å². The second kappa shape index (κ2) is 5.96. The first-order chi connectivity index (χ1) is 12.5. The van der Waals surface area contributed by atoms with Crippen molar-refractivity contribution in [3.63, 3.8) is 0 Å².